The number of likely N-dealkylation sites (tertiary alicyclic amines) is 1. The van der Waals surface area contributed by atoms with Crippen molar-refractivity contribution in [1.82, 2.24) is 29.3 Å². The summed E-state index contributed by atoms with van der Waals surface area (Å²) in [5.74, 6) is 0.286. The zero-order valence-corrected chi connectivity index (χ0v) is 18.3. The van der Waals surface area contributed by atoms with Gasteiger partial charge in [-0.2, -0.15) is 4.98 Å². The van der Waals surface area contributed by atoms with Gasteiger partial charge in [-0.3, -0.25) is 14.4 Å². The zero-order valence-electron chi connectivity index (χ0n) is 18.3. The number of imidazole rings is 1. The molecule has 0 radical (unpaired) electrons. The largest absolute Gasteiger partial charge is 0.352 e. The van der Waals surface area contributed by atoms with E-state index in [1.165, 1.54) is 0 Å². The molecule has 0 bridgehead atoms. The van der Waals surface area contributed by atoms with Gasteiger partial charge in [0.2, 0.25) is 0 Å². The molecule has 170 valence electrons. The first kappa shape index (κ1) is 21.1. The Balaban J connectivity index is 1.26. The Hall–Kier alpha value is -3.75. The lowest BCUT2D eigenvalue weighted by Gasteiger charge is -2.23. The van der Waals surface area contributed by atoms with Crippen LogP contribution in [0.15, 0.2) is 60.0 Å². The molecular formula is C24H26N6O3. The standard InChI is InChI=1S/C24H26N6O3/c31-20(26-9-4-11-28-14-10-25-17-28)19-15-29-12-7-24(23(29)27-21(19)32)8-13-30(16-24)22(33)18-5-2-1-3-6-18/h1-3,5-6,10,14-15,17H,4,7-9,11-13,16H2,(H,26,31). The monoisotopic (exact) mass is 446 g/mol. The van der Waals surface area contributed by atoms with Gasteiger partial charge < -0.3 is 19.4 Å². The summed E-state index contributed by atoms with van der Waals surface area (Å²) in [6, 6.07) is 9.24. The molecule has 1 N–H and O–H groups in total. The number of hydrogen-bond donors (Lipinski definition) is 1. The van der Waals surface area contributed by atoms with Crippen molar-refractivity contribution in [3.8, 4) is 0 Å². The lowest BCUT2D eigenvalue weighted by atomic mass is 9.85. The van der Waals surface area contributed by atoms with Crippen LogP contribution in [0.25, 0.3) is 0 Å². The van der Waals surface area contributed by atoms with Crippen LogP contribution >= 0.6 is 0 Å². The van der Waals surface area contributed by atoms with Gasteiger partial charge in [-0.1, -0.05) is 18.2 Å². The maximum absolute atomic E-state index is 12.9. The average Bonchev–Trinajstić information content (AvgIpc) is 3.58. The Morgan fingerprint density at radius 1 is 1.12 bits per heavy atom. The molecule has 33 heavy (non-hydrogen) atoms. The van der Waals surface area contributed by atoms with Crippen LogP contribution in [0.4, 0.5) is 0 Å². The van der Waals surface area contributed by atoms with Crippen molar-refractivity contribution in [3.63, 3.8) is 0 Å². The average molecular weight is 447 g/mol. The molecule has 2 aliphatic rings. The Kier molecular flexibility index (Phi) is 5.53. The summed E-state index contributed by atoms with van der Waals surface area (Å²) in [5, 5.41) is 2.82. The Bertz CT molecular complexity index is 1220. The van der Waals surface area contributed by atoms with Gasteiger partial charge in [0.15, 0.2) is 0 Å². The molecule has 4 heterocycles. The molecule has 9 nitrogen and oxygen atoms in total. The Morgan fingerprint density at radius 2 is 1.94 bits per heavy atom. The maximum atomic E-state index is 12.9. The van der Waals surface area contributed by atoms with Gasteiger partial charge in [0.25, 0.3) is 17.4 Å². The molecule has 1 atom stereocenters. The van der Waals surface area contributed by atoms with Crippen LogP contribution in [0.5, 0.6) is 0 Å². The van der Waals surface area contributed by atoms with Crippen LogP contribution in [0.2, 0.25) is 0 Å². The van der Waals surface area contributed by atoms with E-state index in [9.17, 15) is 14.4 Å². The number of hydrogen-bond acceptors (Lipinski definition) is 5. The van der Waals surface area contributed by atoms with Gasteiger partial charge in [0, 0.05) is 62.3 Å². The quantitative estimate of drug-likeness (QED) is 0.578. The number of carbonyl (C=O) groups is 2. The number of amides is 2. The third-order valence-electron chi connectivity index (χ3n) is 6.64. The summed E-state index contributed by atoms with van der Waals surface area (Å²) in [5.41, 5.74) is -0.113. The minimum Gasteiger partial charge on any atom is -0.352 e. The van der Waals surface area contributed by atoms with Crippen LogP contribution < -0.4 is 10.9 Å². The van der Waals surface area contributed by atoms with E-state index in [0.717, 1.165) is 25.8 Å². The highest BCUT2D eigenvalue weighted by Crippen LogP contribution is 2.41. The second-order valence-electron chi connectivity index (χ2n) is 8.76. The fraction of sp³-hybridized carbons (Fsp3) is 0.375. The van der Waals surface area contributed by atoms with Crippen LogP contribution in [-0.4, -0.2) is 55.5 Å². The minimum absolute atomic E-state index is 0.0000345. The second-order valence-corrected chi connectivity index (χ2v) is 8.76. The molecule has 9 heteroatoms. The number of carbonyl (C=O) groups excluding carboxylic acids is 2. The van der Waals surface area contributed by atoms with E-state index in [1.54, 1.807) is 18.7 Å². The lowest BCUT2D eigenvalue weighted by Crippen LogP contribution is -2.36. The number of nitrogens with one attached hydrogen (secondary N) is 1. The van der Waals surface area contributed by atoms with Gasteiger partial charge in [0.1, 0.15) is 11.4 Å². The van der Waals surface area contributed by atoms with Crippen molar-refractivity contribution in [1.29, 1.82) is 0 Å². The second kappa shape index (κ2) is 8.65. The van der Waals surface area contributed by atoms with E-state index in [1.807, 2.05) is 50.6 Å². The van der Waals surface area contributed by atoms with Gasteiger partial charge in [-0.05, 0) is 31.4 Å². The molecule has 5 rings (SSSR count). The first-order valence-electron chi connectivity index (χ1n) is 11.3. The first-order valence-corrected chi connectivity index (χ1v) is 11.3. The smallest absolute Gasteiger partial charge is 0.285 e. The van der Waals surface area contributed by atoms with Gasteiger partial charge >= 0.3 is 0 Å². The van der Waals surface area contributed by atoms with Crippen molar-refractivity contribution >= 4 is 11.8 Å². The highest BCUT2D eigenvalue weighted by Gasteiger charge is 2.47. The summed E-state index contributed by atoms with van der Waals surface area (Å²) < 4.78 is 3.85. The van der Waals surface area contributed by atoms with Crippen LogP contribution in [0.3, 0.4) is 0 Å². The topological polar surface area (TPSA) is 102 Å². The van der Waals surface area contributed by atoms with Crippen molar-refractivity contribution in [2.24, 2.45) is 0 Å². The number of aromatic nitrogens is 4. The van der Waals surface area contributed by atoms with E-state index in [2.05, 4.69) is 15.3 Å². The molecule has 0 aliphatic carbocycles. The Morgan fingerprint density at radius 3 is 2.73 bits per heavy atom. The fourth-order valence-electron chi connectivity index (χ4n) is 4.86. The third-order valence-corrected chi connectivity index (χ3v) is 6.64. The molecular weight excluding hydrogens is 420 g/mol. The highest BCUT2D eigenvalue weighted by molar-refractivity contribution is 5.94. The summed E-state index contributed by atoms with van der Waals surface area (Å²) in [6.07, 6.45) is 9.23. The maximum Gasteiger partial charge on any atom is 0.285 e. The number of benzene rings is 1. The zero-order chi connectivity index (χ0) is 22.8. The molecule has 2 aliphatic heterocycles. The molecule has 0 saturated carbocycles. The SMILES string of the molecule is O=C(NCCCn1ccnc1)c1cn2c(nc1=O)C1(CCN(C(=O)c3ccccc3)C1)CC2. The van der Waals surface area contributed by atoms with E-state index < -0.39 is 11.5 Å². The molecule has 1 spiro atoms. The van der Waals surface area contributed by atoms with Crippen molar-refractivity contribution in [3.05, 3.63) is 82.6 Å². The third kappa shape index (κ3) is 4.06. The fourth-order valence-corrected chi connectivity index (χ4v) is 4.86. The first-order chi connectivity index (χ1) is 16.1. The molecule has 1 unspecified atom stereocenters. The summed E-state index contributed by atoms with van der Waals surface area (Å²) in [6.45, 7) is 3.04. The number of aryl methyl sites for hydroxylation is 2. The molecule has 2 amide bonds. The van der Waals surface area contributed by atoms with Crippen molar-refractivity contribution < 1.29 is 9.59 Å². The van der Waals surface area contributed by atoms with E-state index in [4.69, 9.17) is 0 Å². The predicted octanol–water partition coefficient (Wildman–Crippen LogP) is 1.45. The summed E-state index contributed by atoms with van der Waals surface area (Å²) >= 11 is 0. The van der Waals surface area contributed by atoms with Gasteiger partial charge in [-0.15, -0.1) is 0 Å². The van der Waals surface area contributed by atoms with Crippen molar-refractivity contribution in [2.45, 2.75) is 37.8 Å². The lowest BCUT2D eigenvalue weighted by molar-refractivity contribution is 0.0783. The normalized spacial score (nSPS) is 19.1. The molecule has 1 fully saturated rings. The predicted molar refractivity (Wildman–Crippen MR) is 121 cm³/mol. The number of fused-ring (bicyclic) bond motifs is 2. The van der Waals surface area contributed by atoms with Crippen LogP contribution in [-0.2, 0) is 18.5 Å². The van der Waals surface area contributed by atoms with E-state index >= 15 is 0 Å². The molecule has 1 aromatic carbocycles. The molecule has 3 aromatic rings. The van der Waals surface area contributed by atoms with E-state index in [0.29, 0.717) is 37.6 Å². The van der Waals surface area contributed by atoms with Crippen LogP contribution in [0.1, 0.15) is 45.8 Å². The number of rotatable bonds is 6. The summed E-state index contributed by atoms with van der Waals surface area (Å²) in [7, 11) is 0. The Labute approximate surface area is 191 Å². The van der Waals surface area contributed by atoms with Crippen molar-refractivity contribution in [2.75, 3.05) is 19.6 Å². The molecule has 2 aromatic heterocycles. The van der Waals surface area contributed by atoms with Gasteiger partial charge in [0.05, 0.1) is 6.33 Å². The molecule has 1 saturated heterocycles. The highest BCUT2D eigenvalue weighted by atomic mass is 16.2. The minimum atomic E-state index is -0.512. The van der Waals surface area contributed by atoms with E-state index in [-0.39, 0.29) is 16.9 Å². The van der Waals surface area contributed by atoms with Gasteiger partial charge in [-0.25, -0.2) is 4.98 Å². The van der Waals surface area contributed by atoms with Crippen LogP contribution in [0, 0.1) is 0 Å². The number of nitrogens with zero attached hydrogens (tertiary/aromatic N) is 5. The summed E-state index contributed by atoms with van der Waals surface area (Å²) in [4.78, 5) is 48.4.